The van der Waals surface area contributed by atoms with Crippen LogP contribution in [0, 0.1) is 0 Å². The number of nitrogens with zero attached hydrogens (tertiary/aromatic N) is 5. The van der Waals surface area contributed by atoms with Gasteiger partial charge in [0.2, 0.25) is 11.8 Å². The summed E-state index contributed by atoms with van der Waals surface area (Å²) in [5.41, 5.74) is 0.817. The zero-order chi connectivity index (χ0) is 14.7. The summed E-state index contributed by atoms with van der Waals surface area (Å²) in [5, 5.41) is 8.10. The van der Waals surface area contributed by atoms with Crippen LogP contribution in [0.1, 0.15) is 13.3 Å². The lowest BCUT2D eigenvalue weighted by atomic mass is 10.2. The van der Waals surface area contributed by atoms with Gasteiger partial charge in [-0.3, -0.25) is 4.68 Å². The lowest BCUT2D eigenvalue weighted by Gasteiger charge is -2.08. The maximum Gasteiger partial charge on any atom is 0.342 e. The van der Waals surface area contributed by atoms with E-state index in [2.05, 4.69) is 32.3 Å². The molecule has 0 aliphatic rings. The smallest absolute Gasteiger partial charge is 0.342 e. The summed E-state index contributed by atoms with van der Waals surface area (Å²) in [6.45, 7) is 2.89. The van der Waals surface area contributed by atoms with Crippen LogP contribution in [0.15, 0.2) is 30.6 Å². The van der Waals surface area contributed by atoms with E-state index >= 15 is 0 Å². The van der Waals surface area contributed by atoms with E-state index in [9.17, 15) is 0 Å². The number of benzene rings is 1. The molecule has 0 saturated heterocycles. The van der Waals surface area contributed by atoms with Crippen molar-refractivity contribution in [1.29, 1.82) is 0 Å². The normalized spacial score (nSPS) is 10.8. The molecule has 0 atom stereocenters. The minimum Gasteiger partial charge on any atom is -0.403 e. The van der Waals surface area contributed by atoms with Crippen molar-refractivity contribution in [3.63, 3.8) is 0 Å². The third-order valence-electron chi connectivity index (χ3n) is 2.87. The predicted octanol–water partition coefficient (Wildman–Crippen LogP) is 2.37. The lowest BCUT2D eigenvalue weighted by molar-refractivity contribution is 0.427. The van der Waals surface area contributed by atoms with Gasteiger partial charge >= 0.3 is 6.01 Å². The summed E-state index contributed by atoms with van der Waals surface area (Å²) in [5.74, 6) is 0.992. The van der Waals surface area contributed by atoms with Crippen LogP contribution in [-0.2, 0) is 7.05 Å². The van der Waals surface area contributed by atoms with Gasteiger partial charge in [-0.05, 0) is 18.6 Å². The summed E-state index contributed by atoms with van der Waals surface area (Å²) >= 11 is 0. The second-order valence-corrected chi connectivity index (χ2v) is 4.60. The third-order valence-corrected chi connectivity index (χ3v) is 2.87. The van der Waals surface area contributed by atoms with Gasteiger partial charge in [0.25, 0.3) is 0 Å². The first-order valence-corrected chi connectivity index (χ1v) is 6.80. The van der Waals surface area contributed by atoms with Gasteiger partial charge in [-0.25, -0.2) is 4.98 Å². The Labute approximate surface area is 122 Å². The largest absolute Gasteiger partial charge is 0.403 e. The number of anilines is 1. The van der Waals surface area contributed by atoms with Crippen LogP contribution in [0.2, 0.25) is 0 Å². The zero-order valence-electron chi connectivity index (χ0n) is 11.9. The Balaban J connectivity index is 2.01. The van der Waals surface area contributed by atoms with Gasteiger partial charge in [-0.1, -0.05) is 19.1 Å². The van der Waals surface area contributed by atoms with E-state index < -0.39 is 0 Å². The van der Waals surface area contributed by atoms with Crippen molar-refractivity contribution < 1.29 is 4.74 Å². The Kier molecular flexibility index (Phi) is 3.63. The number of ether oxygens (including phenoxy) is 1. The van der Waals surface area contributed by atoms with Gasteiger partial charge < -0.3 is 10.1 Å². The minimum atomic E-state index is 0.266. The lowest BCUT2D eigenvalue weighted by Crippen LogP contribution is -2.05. The molecule has 108 valence electrons. The maximum absolute atomic E-state index is 5.70. The Hall–Kier alpha value is -2.70. The molecule has 0 aliphatic heterocycles. The molecule has 0 spiro atoms. The van der Waals surface area contributed by atoms with Gasteiger partial charge in [0.15, 0.2) is 0 Å². The highest BCUT2D eigenvalue weighted by Crippen LogP contribution is 2.26. The SMILES string of the molecule is CCCNc1nc(Oc2ncn(C)n2)c2ccccc2n1. The van der Waals surface area contributed by atoms with Crippen molar-refractivity contribution in [2.75, 3.05) is 11.9 Å². The highest BCUT2D eigenvalue weighted by Gasteiger charge is 2.11. The van der Waals surface area contributed by atoms with Crippen molar-refractivity contribution in [3.8, 4) is 11.9 Å². The highest BCUT2D eigenvalue weighted by atomic mass is 16.5. The van der Waals surface area contributed by atoms with Gasteiger partial charge in [0, 0.05) is 13.6 Å². The van der Waals surface area contributed by atoms with Crippen LogP contribution < -0.4 is 10.1 Å². The standard InChI is InChI=1S/C14H16N6O/c1-3-8-15-13-17-11-7-5-4-6-10(11)12(18-13)21-14-16-9-20(2)19-14/h4-7,9H,3,8H2,1-2H3,(H,15,17,18). The molecule has 21 heavy (non-hydrogen) atoms. The van der Waals surface area contributed by atoms with Crippen molar-refractivity contribution in [2.24, 2.45) is 7.05 Å². The van der Waals surface area contributed by atoms with E-state index in [0.29, 0.717) is 11.8 Å². The van der Waals surface area contributed by atoms with E-state index in [0.717, 1.165) is 23.9 Å². The minimum absolute atomic E-state index is 0.266. The summed E-state index contributed by atoms with van der Waals surface area (Å²) in [7, 11) is 1.78. The molecule has 2 aromatic heterocycles. The topological polar surface area (TPSA) is 77.8 Å². The van der Waals surface area contributed by atoms with Crippen LogP contribution >= 0.6 is 0 Å². The number of aryl methyl sites for hydroxylation is 1. The second kappa shape index (κ2) is 5.74. The molecule has 0 radical (unpaired) electrons. The molecule has 2 heterocycles. The predicted molar refractivity (Wildman–Crippen MR) is 79.4 cm³/mol. The van der Waals surface area contributed by atoms with Crippen LogP contribution in [-0.4, -0.2) is 31.3 Å². The van der Waals surface area contributed by atoms with E-state index in [4.69, 9.17) is 4.74 Å². The Morgan fingerprint density at radius 2 is 2.10 bits per heavy atom. The second-order valence-electron chi connectivity index (χ2n) is 4.60. The molecule has 3 aromatic rings. The molecule has 3 rings (SSSR count). The first kappa shape index (κ1) is 13.3. The highest BCUT2D eigenvalue weighted by molar-refractivity contribution is 5.84. The van der Waals surface area contributed by atoms with E-state index in [-0.39, 0.29) is 6.01 Å². The Morgan fingerprint density at radius 1 is 1.24 bits per heavy atom. The number of hydrogen-bond donors (Lipinski definition) is 1. The number of nitrogens with one attached hydrogen (secondary N) is 1. The summed E-state index contributed by atoms with van der Waals surface area (Å²) in [4.78, 5) is 12.9. The van der Waals surface area contributed by atoms with Crippen LogP contribution in [0.3, 0.4) is 0 Å². The van der Waals surface area contributed by atoms with E-state index in [1.165, 1.54) is 0 Å². The summed E-state index contributed by atoms with van der Waals surface area (Å²) < 4.78 is 7.28. The van der Waals surface area contributed by atoms with Gasteiger partial charge in [0.1, 0.15) is 6.33 Å². The quantitative estimate of drug-likeness (QED) is 0.775. The number of hydrogen-bond acceptors (Lipinski definition) is 6. The van der Waals surface area contributed by atoms with Gasteiger partial charge in [0.05, 0.1) is 10.9 Å². The van der Waals surface area contributed by atoms with Crippen molar-refractivity contribution in [2.45, 2.75) is 13.3 Å². The monoisotopic (exact) mass is 284 g/mol. The fraction of sp³-hybridized carbons (Fsp3) is 0.286. The molecule has 0 unspecified atom stereocenters. The molecule has 0 fully saturated rings. The molecule has 0 saturated carbocycles. The molecule has 7 heteroatoms. The average molecular weight is 284 g/mol. The number of aromatic nitrogens is 5. The van der Waals surface area contributed by atoms with Crippen molar-refractivity contribution in [3.05, 3.63) is 30.6 Å². The fourth-order valence-electron chi connectivity index (χ4n) is 1.89. The molecule has 1 aromatic carbocycles. The maximum atomic E-state index is 5.70. The number of para-hydroxylation sites is 1. The first-order valence-electron chi connectivity index (χ1n) is 6.80. The number of fused-ring (bicyclic) bond motifs is 1. The first-order chi connectivity index (χ1) is 10.3. The molecule has 0 bridgehead atoms. The van der Waals surface area contributed by atoms with Gasteiger partial charge in [-0.2, -0.15) is 9.97 Å². The average Bonchev–Trinajstić information content (AvgIpc) is 2.90. The van der Waals surface area contributed by atoms with Crippen molar-refractivity contribution >= 4 is 16.9 Å². The molecular weight excluding hydrogens is 268 g/mol. The van der Waals surface area contributed by atoms with E-state index in [1.807, 2.05) is 24.3 Å². The Morgan fingerprint density at radius 3 is 2.86 bits per heavy atom. The van der Waals surface area contributed by atoms with Gasteiger partial charge in [-0.15, -0.1) is 5.10 Å². The van der Waals surface area contributed by atoms with E-state index in [1.54, 1.807) is 18.1 Å². The molecule has 0 aliphatic carbocycles. The molecule has 7 nitrogen and oxygen atoms in total. The third kappa shape index (κ3) is 2.91. The summed E-state index contributed by atoms with van der Waals surface area (Å²) in [6.07, 6.45) is 2.57. The number of rotatable bonds is 5. The summed E-state index contributed by atoms with van der Waals surface area (Å²) in [6, 6.07) is 7.96. The zero-order valence-corrected chi connectivity index (χ0v) is 11.9. The molecular formula is C14H16N6O. The Bertz CT molecular complexity index is 754. The molecule has 0 amide bonds. The van der Waals surface area contributed by atoms with Crippen molar-refractivity contribution in [1.82, 2.24) is 24.7 Å². The fourth-order valence-corrected chi connectivity index (χ4v) is 1.89. The van der Waals surface area contributed by atoms with Crippen LogP contribution in [0.4, 0.5) is 5.95 Å². The van der Waals surface area contributed by atoms with Crippen LogP contribution in [0.5, 0.6) is 11.9 Å². The van der Waals surface area contributed by atoms with Crippen LogP contribution in [0.25, 0.3) is 10.9 Å². The molecule has 1 N–H and O–H groups in total.